The van der Waals surface area contributed by atoms with Gasteiger partial charge in [-0.05, 0) is 28.8 Å². The van der Waals surface area contributed by atoms with Crippen LogP contribution >= 0.6 is 11.6 Å². The second kappa shape index (κ2) is 11.0. The van der Waals surface area contributed by atoms with Crippen LogP contribution in [0.2, 0.25) is 5.02 Å². The molecule has 0 fully saturated rings. The highest BCUT2D eigenvalue weighted by atomic mass is 35.5. The van der Waals surface area contributed by atoms with Crippen molar-refractivity contribution in [2.24, 2.45) is 0 Å². The lowest BCUT2D eigenvalue weighted by Gasteiger charge is -2.37. The first kappa shape index (κ1) is 24.1. The molecule has 0 bridgehead atoms. The van der Waals surface area contributed by atoms with Crippen molar-refractivity contribution < 1.29 is 9.72 Å². The molecule has 0 radical (unpaired) electrons. The second-order valence-corrected chi connectivity index (χ2v) is 8.36. The lowest BCUT2D eigenvalue weighted by atomic mass is 9.77. The summed E-state index contributed by atoms with van der Waals surface area (Å²) in [6.45, 7) is 0.754. The molecule has 6 nitrogen and oxygen atoms in total. The van der Waals surface area contributed by atoms with Crippen molar-refractivity contribution in [1.82, 2.24) is 10.6 Å². The van der Waals surface area contributed by atoms with E-state index in [2.05, 4.69) is 47.0 Å². The molecule has 0 atom stereocenters. The van der Waals surface area contributed by atoms with Crippen molar-refractivity contribution in [1.29, 1.82) is 0 Å². The average Bonchev–Trinajstić information content (AvgIpc) is 2.90. The van der Waals surface area contributed by atoms with E-state index in [1.54, 1.807) is 0 Å². The standard InChI is InChI=1S/C28H24ClN3O3/c29-25-17-16-21(20-26(25)32(34)35)27(33)30-18-19-31-28(22-10-4-1-5-11-22,23-12-6-2-7-13-23)24-14-8-3-9-15-24/h1-17,20,31H,18-19H2,(H,30,33). The molecule has 0 aliphatic carbocycles. The summed E-state index contributed by atoms with van der Waals surface area (Å²) in [5, 5.41) is 17.7. The zero-order valence-electron chi connectivity index (χ0n) is 18.9. The topological polar surface area (TPSA) is 84.3 Å². The van der Waals surface area contributed by atoms with Crippen molar-refractivity contribution in [2.45, 2.75) is 5.54 Å². The van der Waals surface area contributed by atoms with Crippen LogP contribution in [0.5, 0.6) is 0 Å². The third kappa shape index (κ3) is 5.24. The molecule has 0 aliphatic heterocycles. The Morgan fingerprint density at radius 3 is 1.71 bits per heavy atom. The molecule has 4 rings (SSSR count). The predicted molar refractivity (Wildman–Crippen MR) is 138 cm³/mol. The third-order valence-electron chi connectivity index (χ3n) is 5.83. The summed E-state index contributed by atoms with van der Waals surface area (Å²) >= 11 is 5.86. The van der Waals surface area contributed by atoms with Gasteiger partial charge >= 0.3 is 0 Å². The maximum atomic E-state index is 12.7. The molecule has 35 heavy (non-hydrogen) atoms. The molecule has 4 aromatic rings. The van der Waals surface area contributed by atoms with Gasteiger partial charge < -0.3 is 5.32 Å². The Morgan fingerprint density at radius 1 is 0.771 bits per heavy atom. The van der Waals surface area contributed by atoms with Crippen LogP contribution in [-0.4, -0.2) is 23.9 Å². The first-order valence-corrected chi connectivity index (χ1v) is 11.5. The van der Waals surface area contributed by atoms with Gasteiger partial charge in [0.2, 0.25) is 0 Å². The number of amides is 1. The van der Waals surface area contributed by atoms with Crippen LogP contribution in [0.3, 0.4) is 0 Å². The number of carbonyl (C=O) groups excluding carboxylic acids is 1. The number of hydrogen-bond acceptors (Lipinski definition) is 4. The van der Waals surface area contributed by atoms with Crippen LogP contribution in [0.4, 0.5) is 5.69 Å². The summed E-state index contributed by atoms with van der Waals surface area (Å²) in [5.74, 6) is -0.406. The summed E-state index contributed by atoms with van der Waals surface area (Å²) < 4.78 is 0. The summed E-state index contributed by atoms with van der Waals surface area (Å²) in [4.78, 5) is 23.2. The van der Waals surface area contributed by atoms with Crippen LogP contribution < -0.4 is 10.6 Å². The molecular weight excluding hydrogens is 462 g/mol. The number of hydrogen-bond donors (Lipinski definition) is 2. The van der Waals surface area contributed by atoms with Gasteiger partial charge in [-0.3, -0.25) is 20.2 Å². The minimum Gasteiger partial charge on any atom is -0.351 e. The summed E-state index contributed by atoms with van der Waals surface area (Å²) in [5.41, 5.74) is 2.44. The normalized spacial score (nSPS) is 11.1. The first-order valence-electron chi connectivity index (χ1n) is 11.2. The summed E-state index contributed by atoms with van der Waals surface area (Å²) in [6, 6.07) is 34.5. The fourth-order valence-corrected chi connectivity index (χ4v) is 4.38. The number of halogens is 1. The molecule has 0 spiro atoms. The minimum absolute atomic E-state index is 0.00779. The highest BCUT2D eigenvalue weighted by Crippen LogP contribution is 2.36. The Labute approximate surface area is 208 Å². The zero-order chi connectivity index (χ0) is 24.7. The smallest absolute Gasteiger partial charge is 0.288 e. The zero-order valence-corrected chi connectivity index (χ0v) is 19.6. The molecule has 4 aromatic carbocycles. The highest BCUT2D eigenvalue weighted by molar-refractivity contribution is 6.32. The molecule has 1 amide bonds. The molecule has 0 heterocycles. The summed E-state index contributed by atoms with van der Waals surface area (Å²) in [7, 11) is 0. The fourth-order valence-electron chi connectivity index (χ4n) is 4.19. The Hall–Kier alpha value is -4.00. The van der Waals surface area contributed by atoms with Crippen molar-refractivity contribution in [3.8, 4) is 0 Å². The number of nitrogens with one attached hydrogen (secondary N) is 2. The van der Waals surface area contributed by atoms with E-state index < -0.39 is 16.4 Å². The molecule has 0 saturated heterocycles. The van der Waals surface area contributed by atoms with E-state index in [0.717, 1.165) is 16.7 Å². The quantitative estimate of drug-likeness (QED) is 0.141. The van der Waals surface area contributed by atoms with Crippen molar-refractivity contribution >= 4 is 23.2 Å². The van der Waals surface area contributed by atoms with E-state index in [-0.39, 0.29) is 16.3 Å². The van der Waals surface area contributed by atoms with Crippen molar-refractivity contribution in [3.63, 3.8) is 0 Å². The number of nitro groups is 1. The van der Waals surface area contributed by atoms with E-state index in [9.17, 15) is 14.9 Å². The molecule has 176 valence electrons. The van der Waals surface area contributed by atoms with E-state index in [1.165, 1.54) is 18.2 Å². The van der Waals surface area contributed by atoms with Gasteiger partial charge in [0.1, 0.15) is 5.02 Å². The van der Waals surface area contributed by atoms with Gasteiger partial charge in [-0.1, -0.05) is 103 Å². The van der Waals surface area contributed by atoms with Gasteiger partial charge in [0, 0.05) is 24.7 Å². The van der Waals surface area contributed by atoms with Crippen LogP contribution in [-0.2, 0) is 5.54 Å². The molecule has 7 heteroatoms. The van der Waals surface area contributed by atoms with Gasteiger partial charge in [-0.25, -0.2) is 0 Å². The minimum atomic E-state index is -0.645. The maximum absolute atomic E-state index is 12.7. The lowest BCUT2D eigenvalue weighted by Crippen LogP contribution is -2.47. The Bertz CT molecular complexity index is 1200. The number of nitro benzene ring substituents is 1. The Morgan fingerprint density at radius 2 is 1.26 bits per heavy atom. The van der Waals surface area contributed by atoms with Gasteiger partial charge in [-0.15, -0.1) is 0 Å². The Balaban J connectivity index is 1.59. The van der Waals surface area contributed by atoms with Crippen LogP contribution in [0.25, 0.3) is 0 Å². The van der Waals surface area contributed by atoms with Crippen LogP contribution in [0, 0.1) is 10.1 Å². The van der Waals surface area contributed by atoms with Crippen molar-refractivity contribution in [2.75, 3.05) is 13.1 Å². The Kier molecular flexibility index (Phi) is 7.55. The molecule has 0 aromatic heterocycles. The summed E-state index contributed by atoms with van der Waals surface area (Å²) in [6.07, 6.45) is 0. The van der Waals surface area contributed by atoms with E-state index >= 15 is 0 Å². The maximum Gasteiger partial charge on any atom is 0.288 e. The van der Waals surface area contributed by atoms with Gasteiger partial charge in [0.15, 0.2) is 0 Å². The van der Waals surface area contributed by atoms with Gasteiger partial charge in [-0.2, -0.15) is 0 Å². The van der Waals surface area contributed by atoms with Gasteiger partial charge in [0.25, 0.3) is 11.6 Å². The molecule has 2 N–H and O–H groups in total. The first-order chi connectivity index (χ1) is 17.0. The van der Waals surface area contributed by atoms with Crippen molar-refractivity contribution in [3.05, 3.63) is 147 Å². The fraction of sp³-hybridized carbons (Fsp3) is 0.107. The molecule has 0 aliphatic rings. The predicted octanol–water partition coefficient (Wildman–Crippen LogP) is 5.56. The number of nitrogens with zero attached hydrogens (tertiary/aromatic N) is 1. The number of rotatable bonds is 9. The SMILES string of the molecule is O=C(NCCNC(c1ccccc1)(c1ccccc1)c1ccccc1)c1ccc(Cl)c([N+](=O)[O-])c1. The molecule has 0 unspecified atom stereocenters. The van der Waals surface area contributed by atoms with Crippen LogP contribution in [0.1, 0.15) is 27.0 Å². The third-order valence-corrected chi connectivity index (χ3v) is 6.15. The van der Waals surface area contributed by atoms with E-state index in [4.69, 9.17) is 11.6 Å². The van der Waals surface area contributed by atoms with Crippen LogP contribution in [0.15, 0.2) is 109 Å². The lowest BCUT2D eigenvalue weighted by molar-refractivity contribution is -0.384. The average molecular weight is 486 g/mol. The molecular formula is C28H24ClN3O3. The largest absolute Gasteiger partial charge is 0.351 e. The number of carbonyl (C=O) groups is 1. The molecule has 0 saturated carbocycles. The van der Waals surface area contributed by atoms with Gasteiger partial charge in [0.05, 0.1) is 10.5 Å². The van der Waals surface area contributed by atoms with E-state index in [0.29, 0.717) is 13.1 Å². The highest BCUT2D eigenvalue weighted by Gasteiger charge is 2.35. The second-order valence-electron chi connectivity index (χ2n) is 7.95. The number of benzene rings is 4. The monoisotopic (exact) mass is 485 g/mol. The van der Waals surface area contributed by atoms with E-state index in [1.807, 2.05) is 54.6 Å².